The predicted molar refractivity (Wildman–Crippen MR) is 94.2 cm³/mol. The van der Waals surface area contributed by atoms with E-state index in [4.69, 9.17) is 24.2 Å². The van der Waals surface area contributed by atoms with E-state index in [1.807, 2.05) is 6.07 Å². The number of carbonyl (C=O) groups is 1. The standard InChI is InChI=1S/C18H16BrNO5/c1-3-23-16-9-12(10-20)8-15(19)18(16)25-17(21)11-24-14-6-4-13(22-2)5-7-14/h4-9H,3,11H2,1-2H3. The molecule has 2 aromatic carbocycles. The molecule has 0 N–H and O–H groups in total. The number of ether oxygens (including phenoxy) is 4. The minimum Gasteiger partial charge on any atom is -0.497 e. The highest BCUT2D eigenvalue weighted by Gasteiger charge is 2.16. The Morgan fingerprint density at radius 1 is 1.16 bits per heavy atom. The Morgan fingerprint density at radius 2 is 1.84 bits per heavy atom. The van der Waals surface area contributed by atoms with Gasteiger partial charge in [-0.05, 0) is 53.2 Å². The number of halogens is 1. The van der Waals surface area contributed by atoms with Crippen LogP contribution in [0.25, 0.3) is 0 Å². The van der Waals surface area contributed by atoms with E-state index < -0.39 is 5.97 Å². The molecule has 0 saturated carbocycles. The lowest BCUT2D eigenvalue weighted by Crippen LogP contribution is -2.18. The molecular formula is C18H16BrNO5. The van der Waals surface area contributed by atoms with Crippen LogP contribution in [-0.2, 0) is 4.79 Å². The number of rotatable bonds is 7. The molecule has 25 heavy (non-hydrogen) atoms. The van der Waals surface area contributed by atoms with E-state index in [0.717, 1.165) is 0 Å². The lowest BCUT2D eigenvalue weighted by molar-refractivity contribution is -0.136. The molecular weight excluding hydrogens is 390 g/mol. The minimum atomic E-state index is -0.595. The molecule has 7 heteroatoms. The summed E-state index contributed by atoms with van der Waals surface area (Å²) in [6, 6.07) is 11.9. The Labute approximate surface area is 154 Å². The molecule has 6 nitrogen and oxygen atoms in total. The van der Waals surface area contributed by atoms with Gasteiger partial charge in [-0.25, -0.2) is 4.79 Å². The first-order valence-electron chi connectivity index (χ1n) is 7.41. The molecule has 0 aliphatic rings. The predicted octanol–water partition coefficient (Wildman–Crippen LogP) is 3.71. The zero-order valence-electron chi connectivity index (χ0n) is 13.7. The molecule has 0 saturated heterocycles. The summed E-state index contributed by atoms with van der Waals surface area (Å²) < 4.78 is 21.7. The topological polar surface area (TPSA) is 77.8 Å². The summed E-state index contributed by atoms with van der Waals surface area (Å²) in [7, 11) is 1.57. The number of nitrogens with zero attached hydrogens (tertiary/aromatic N) is 1. The molecule has 0 unspecified atom stereocenters. The SMILES string of the molecule is CCOc1cc(C#N)cc(Br)c1OC(=O)COc1ccc(OC)cc1. The van der Waals surface area contributed by atoms with Crippen molar-refractivity contribution in [2.75, 3.05) is 20.3 Å². The minimum absolute atomic E-state index is 0.212. The van der Waals surface area contributed by atoms with Crippen LogP contribution >= 0.6 is 15.9 Å². The van der Waals surface area contributed by atoms with E-state index in [-0.39, 0.29) is 12.4 Å². The van der Waals surface area contributed by atoms with Crippen LogP contribution in [0.1, 0.15) is 12.5 Å². The number of benzene rings is 2. The smallest absolute Gasteiger partial charge is 0.349 e. The average Bonchev–Trinajstić information content (AvgIpc) is 2.63. The first-order valence-corrected chi connectivity index (χ1v) is 8.20. The quantitative estimate of drug-likeness (QED) is 0.515. The fraction of sp³-hybridized carbons (Fsp3) is 0.222. The van der Waals surface area contributed by atoms with E-state index in [0.29, 0.717) is 33.9 Å². The first-order chi connectivity index (χ1) is 12.1. The number of nitriles is 1. The van der Waals surface area contributed by atoms with Crippen molar-refractivity contribution in [3.05, 3.63) is 46.4 Å². The zero-order valence-corrected chi connectivity index (χ0v) is 15.3. The van der Waals surface area contributed by atoms with Crippen LogP contribution in [0, 0.1) is 11.3 Å². The second-order valence-electron chi connectivity index (χ2n) is 4.77. The summed E-state index contributed by atoms with van der Waals surface area (Å²) >= 11 is 3.29. The third kappa shape index (κ3) is 5.13. The van der Waals surface area contributed by atoms with Crippen LogP contribution in [0.15, 0.2) is 40.9 Å². The normalized spacial score (nSPS) is 9.84. The molecule has 0 atom stereocenters. The third-order valence-corrected chi connectivity index (χ3v) is 3.66. The van der Waals surface area contributed by atoms with Gasteiger partial charge >= 0.3 is 5.97 Å². The fourth-order valence-electron chi connectivity index (χ4n) is 1.95. The van der Waals surface area contributed by atoms with Crippen molar-refractivity contribution >= 4 is 21.9 Å². The molecule has 0 fully saturated rings. The molecule has 0 aliphatic carbocycles. The zero-order chi connectivity index (χ0) is 18.2. The van der Waals surface area contributed by atoms with E-state index in [1.54, 1.807) is 44.4 Å². The number of esters is 1. The summed E-state index contributed by atoms with van der Waals surface area (Å²) in [4.78, 5) is 12.1. The maximum atomic E-state index is 12.1. The largest absolute Gasteiger partial charge is 0.497 e. The van der Waals surface area contributed by atoms with Crippen molar-refractivity contribution < 1.29 is 23.7 Å². The molecule has 0 heterocycles. The van der Waals surface area contributed by atoms with Gasteiger partial charge in [0.2, 0.25) is 0 Å². The molecule has 0 radical (unpaired) electrons. The molecule has 0 aromatic heterocycles. The van der Waals surface area contributed by atoms with Crippen LogP contribution in [0.5, 0.6) is 23.0 Å². The second kappa shape index (κ2) is 8.94. The van der Waals surface area contributed by atoms with Gasteiger partial charge in [0.05, 0.1) is 29.8 Å². The Kier molecular flexibility index (Phi) is 6.66. The van der Waals surface area contributed by atoms with E-state index in [1.165, 1.54) is 6.07 Å². The van der Waals surface area contributed by atoms with Gasteiger partial charge < -0.3 is 18.9 Å². The average molecular weight is 406 g/mol. The Balaban J connectivity index is 2.05. The molecule has 130 valence electrons. The van der Waals surface area contributed by atoms with Crippen LogP contribution in [0.4, 0.5) is 0 Å². The molecule has 0 amide bonds. The van der Waals surface area contributed by atoms with E-state index in [2.05, 4.69) is 15.9 Å². The summed E-state index contributed by atoms with van der Waals surface area (Å²) in [6.45, 7) is 1.89. The van der Waals surface area contributed by atoms with Crippen LogP contribution in [0.2, 0.25) is 0 Å². The van der Waals surface area contributed by atoms with Crippen molar-refractivity contribution in [3.8, 4) is 29.1 Å². The van der Waals surface area contributed by atoms with Crippen LogP contribution in [-0.4, -0.2) is 26.3 Å². The van der Waals surface area contributed by atoms with Gasteiger partial charge in [-0.3, -0.25) is 0 Å². The van der Waals surface area contributed by atoms with Gasteiger partial charge in [-0.1, -0.05) is 0 Å². The molecule has 0 bridgehead atoms. The van der Waals surface area contributed by atoms with Crippen LogP contribution in [0.3, 0.4) is 0 Å². The molecule has 2 aromatic rings. The highest BCUT2D eigenvalue weighted by atomic mass is 79.9. The summed E-state index contributed by atoms with van der Waals surface area (Å²) in [5, 5.41) is 9.01. The molecule has 2 rings (SSSR count). The summed E-state index contributed by atoms with van der Waals surface area (Å²) in [5.74, 6) is 1.14. The Bertz CT molecular complexity index is 783. The molecule has 0 spiro atoms. The van der Waals surface area contributed by atoms with E-state index >= 15 is 0 Å². The summed E-state index contributed by atoms with van der Waals surface area (Å²) in [5.41, 5.74) is 0.393. The third-order valence-electron chi connectivity index (χ3n) is 3.07. The van der Waals surface area contributed by atoms with Gasteiger partial charge in [0.15, 0.2) is 18.1 Å². The Morgan fingerprint density at radius 3 is 2.44 bits per heavy atom. The van der Waals surface area contributed by atoms with Crippen molar-refractivity contribution in [1.29, 1.82) is 5.26 Å². The van der Waals surface area contributed by atoms with Crippen LogP contribution < -0.4 is 18.9 Å². The van der Waals surface area contributed by atoms with Gasteiger partial charge in [0.25, 0.3) is 0 Å². The van der Waals surface area contributed by atoms with Crippen molar-refractivity contribution in [1.82, 2.24) is 0 Å². The number of methoxy groups -OCH3 is 1. The number of hydrogen-bond acceptors (Lipinski definition) is 6. The van der Waals surface area contributed by atoms with Crippen molar-refractivity contribution in [2.45, 2.75) is 6.92 Å². The fourth-order valence-corrected chi connectivity index (χ4v) is 2.47. The van der Waals surface area contributed by atoms with E-state index in [9.17, 15) is 4.79 Å². The summed E-state index contributed by atoms with van der Waals surface area (Å²) in [6.07, 6.45) is 0. The first kappa shape index (κ1) is 18.6. The Hall–Kier alpha value is -2.72. The number of hydrogen-bond donors (Lipinski definition) is 0. The highest BCUT2D eigenvalue weighted by molar-refractivity contribution is 9.10. The number of carbonyl (C=O) groups excluding carboxylic acids is 1. The highest BCUT2D eigenvalue weighted by Crippen LogP contribution is 2.37. The second-order valence-corrected chi connectivity index (χ2v) is 5.62. The monoisotopic (exact) mass is 405 g/mol. The van der Waals surface area contributed by atoms with Gasteiger partial charge in [0.1, 0.15) is 11.5 Å². The van der Waals surface area contributed by atoms with Gasteiger partial charge in [0, 0.05) is 6.07 Å². The lowest BCUT2D eigenvalue weighted by Gasteiger charge is -2.13. The van der Waals surface area contributed by atoms with Gasteiger partial charge in [-0.2, -0.15) is 5.26 Å². The van der Waals surface area contributed by atoms with Gasteiger partial charge in [-0.15, -0.1) is 0 Å². The molecule has 0 aliphatic heterocycles. The maximum absolute atomic E-state index is 12.1. The maximum Gasteiger partial charge on any atom is 0.349 e. The van der Waals surface area contributed by atoms with Crippen molar-refractivity contribution in [2.24, 2.45) is 0 Å². The lowest BCUT2D eigenvalue weighted by atomic mass is 10.2. The van der Waals surface area contributed by atoms with Crippen molar-refractivity contribution in [3.63, 3.8) is 0 Å².